The molecule has 8 heteroatoms. The zero-order chi connectivity index (χ0) is 52.7. The number of benzene rings is 10. The topological polar surface area (TPSA) is 16.2 Å². The molecule has 0 saturated heterocycles. The predicted octanol–water partition coefficient (Wildman–Crippen LogP) is 15.5. The zero-order valence-corrected chi connectivity index (χ0v) is 45.9. The van der Waals surface area contributed by atoms with Gasteiger partial charge in [0.15, 0.2) is 0 Å². The standard InChI is InChI=1S/C72H61B2N5S/c1-8-26-50(27-9-1)75(51-28-10-2-11-29-51)57-44-66-71-67(45-57)79(56-38-20-7-21-39-56)65-49-69-62(48-61(65)73(71)59-40-22-24-42-63(59)77(66)54-34-16-5-17-35-54)74-60-41-23-25-43-64(60)78(55-36-18-6-19-37-55)68-46-58(47-70(80-69)72(68)74)76(52-30-12-3-13-31-52)53-32-14-4-15-33-53/h1-2,5-11,16-29,34-49,52-53H,3-4,12-15,30-33H2. The Bertz CT molecular complexity index is 3890. The van der Waals surface area contributed by atoms with Crippen molar-refractivity contribution in [3.8, 4) is 0 Å². The molecule has 16 rings (SSSR count). The summed E-state index contributed by atoms with van der Waals surface area (Å²) in [7, 11) is 0. The zero-order valence-electron chi connectivity index (χ0n) is 45.0. The number of hydrogen-bond acceptors (Lipinski definition) is 6. The number of anilines is 13. The monoisotopic (exact) mass is 1050 g/mol. The molecule has 4 heterocycles. The average molecular weight is 1050 g/mol. The molecule has 6 aliphatic rings. The van der Waals surface area contributed by atoms with Gasteiger partial charge in [-0.2, -0.15) is 0 Å². The smallest absolute Gasteiger partial charge is 0.252 e. The summed E-state index contributed by atoms with van der Waals surface area (Å²) >= 11 is 2.01. The van der Waals surface area contributed by atoms with E-state index in [0.717, 1.165) is 28.4 Å². The van der Waals surface area contributed by atoms with Crippen molar-refractivity contribution >= 4 is 132 Å². The molecule has 0 unspecified atom stereocenters. The van der Waals surface area contributed by atoms with Gasteiger partial charge >= 0.3 is 0 Å². The summed E-state index contributed by atoms with van der Waals surface area (Å²) in [6, 6.07) is 90.4. The van der Waals surface area contributed by atoms with Crippen molar-refractivity contribution in [2.24, 2.45) is 0 Å². The summed E-state index contributed by atoms with van der Waals surface area (Å²) in [5.41, 5.74) is 23.8. The summed E-state index contributed by atoms with van der Waals surface area (Å²) in [5.74, 6) is 0. The highest BCUT2D eigenvalue weighted by molar-refractivity contribution is 8.00. The molecule has 2 aliphatic carbocycles. The van der Waals surface area contributed by atoms with Crippen LogP contribution >= 0.6 is 11.8 Å². The SMILES string of the molecule is c1ccc(N(c2ccccc2)c2cc3c4c(c2)N(c2ccccc2)c2cc5c(cc2B4c2ccccc2N3c2ccccc2)B2c3ccccc3N(c3ccccc3)c3cc(N(C4CCCCC4)C4CCCCC4)cc(c32)S5)cc1. The highest BCUT2D eigenvalue weighted by atomic mass is 32.2. The lowest BCUT2D eigenvalue weighted by Gasteiger charge is -2.47. The third-order valence-corrected chi connectivity index (χ3v) is 19.4. The fraction of sp³-hybridized carbons (Fsp3) is 0.167. The molecule has 2 saturated carbocycles. The number of rotatable bonds is 9. The maximum absolute atomic E-state index is 2.97. The Hall–Kier alpha value is -8.32. The van der Waals surface area contributed by atoms with Gasteiger partial charge in [0.25, 0.3) is 6.71 Å². The molecule has 0 radical (unpaired) electrons. The molecular weight excluding hydrogens is 989 g/mol. The van der Waals surface area contributed by atoms with E-state index in [1.54, 1.807) is 0 Å². The first-order valence-corrected chi connectivity index (χ1v) is 30.2. The van der Waals surface area contributed by atoms with Crippen LogP contribution in [-0.2, 0) is 0 Å². The second-order valence-corrected chi connectivity index (χ2v) is 23.9. The van der Waals surface area contributed by atoms with Crippen LogP contribution in [0.15, 0.2) is 246 Å². The first kappa shape index (κ1) is 47.7. The van der Waals surface area contributed by atoms with E-state index in [1.165, 1.54) is 152 Å². The summed E-state index contributed by atoms with van der Waals surface area (Å²) < 4.78 is 0. The molecule has 10 aromatic carbocycles. The predicted molar refractivity (Wildman–Crippen MR) is 341 cm³/mol. The average Bonchev–Trinajstić information content (AvgIpc) is 3.69. The maximum Gasteiger partial charge on any atom is 0.252 e. The van der Waals surface area contributed by atoms with E-state index in [1.807, 2.05) is 11.8 Å². The van der Waals surface area contributed by atoms with Gasteiger partial charge in [-0.05, 0) is 156 Å². The van der Waals surface area contributed by atoms with Gasteiger partial charge in [-0.1, -0.05) is 189 Å². The highest BCUT2D eigenvalue weighted by Crippen LogP contribution is 2.51. The molecule has 0 N–H and O–H groups in total. The lowest BCUT2D eigenvalue weighted by molar-refractivity contribution is 0.340. The van der Waals surface area contributed by atoms with E-state index >= 15 is 0 Å². The van der Waals surface area contributed by atoms with Crippen molar-refractivity contribution in [3.63, 3.8) is 0 Å². The molecule has 0 bridgehead atoms. The fourth-order valence-corrected chi connectivity index (χ4v) is 16.2. The van der Waals surface area contributed by atoms with Gasteiger partial charge in [-0.15, -0.1) is 0 Å². The Kier molecular flexibility index (Phi) is 11.8. The maximum atomic E-state index is 2.97. The van der Waals surface area contributed by atoms with Crippen molar-refractivity contribution in [2.45, 2.75) is 86.1 Å². The van der Waals surface area contributed by atoms with E-state index in [-0.39, 0.29) is 13.4 Å². The van der Waals surface area contributed by atoms with Gasteiger partial charge in [0.2, 0.25) is 6.71 Å². The lowest BCUT2D eigenvalue weighted by Crippen LogP contribution is -2.64. The van der Waals surface area contributed by atoms with Gasteiger partial charge < -0.3 is 24.5 Å². The van der Waals surface area contributed by atoms with E-state index < -0.39 is 0 Å². The Labute approximate surface area is 476 Å². The lowest BCUT2D eigenvalue weighted by atomic mass is 9.31. The van der Waals surface area contributed by atoms with Crippen molar-refractivity contribution in [3.05, 3.63) is 237 Å². The molecule has 10 aromatic rings. The molecule has 4 aliphatic heterocycles. The van der Waals surface area contributed by atoms with Gasteiger partial charge in [0, 0.05) is 90.1 Å². The molecular formula is C72H61B2N5S. The van der Waals surface area contributed by atoms with Crippen LogP contribution in [0.5, 0.6) is 0 Å². The Balaban J connectivity index is 0.967. The normalized spacial score (nSPS) is 16.0. The van der Waals surface area contributed by atoms with Crippen LogP contribution in [0.3, 0.4) is 0 Å². The van der Waals surface area contributed by atoms with Crippen LogP contribution in [0, 0.1) is 0 Å². The third-order valence-electron chi connectivity index (χ3n) is 18.3. The van der Waals surface area contributed by atoms with Crippen molar-refractivity contribution < 1.29 is 0 Å². The molecule has 386 valence electrons. The van der Waals surface area contributed by atoms with Crippen LogP contribution in [0.2, 0.25) is 0 Å². The minimum atomic E-state index is -0.0557. The molecule has 80 heavy (non-hydrogen) atoms. The molecule has 2 fully saturated rings. The van der Waals surface area contributed by atoms with Gasteiger partial charge in [0.05, 0.1) is 5.69 Å². The first-order valence-electron chi connectivity index (χ1n) is 29.4. The van der Waals surface area contributed by atoms with Crippen molar-refractivity contribution in [2.75, 3.05) is 24.5 Å². The third kappa shape index (κ3) is 7.77. The van der Waals surface area contributed by atoms with Gasteiger partial charge in [-0.25, -0.2) is 0 Å². The number of fused-ring (bicyclic) bond motifs is 8. The van der Waals surface area contributed by atoms with E-state index in [2.05, 4.69) is 261 Å². The Morgan fingerprint density at radius 3 is 1.23 bits per heavy atom. The van der Waals surface area contributed by atoms with E-state index in [0.29, 0.717) is 12.1 Å². The number of hydrogen-bond donors (Lipinski definition) is 0. The highest BCUT2D eigenvalue weighted by Gasteiger charge is 2.48. The van der Waals surface area contributed by atoms with Crippen LogP contribution < -0.4 is 57.3 Å². The number of nitrogens with zero attached hydrogens (tertiary/aromatic N) is 5. The number of para-hydroxylation sites is 7. The van der Waals surface area contributed by atoms with Crippen LogP contribution in [-0.4, -0.2) is 25.5 Å². The second-order valence-electron chi connectivity index (χ2n) is 22.8. The Morgan fingerprint density at radius 2 is 0.725 bits per heavy atom. The molecule has 0 atom stereocenters. The fourth-order valence-electron chi connectivity index (χ4n) is 15.0. The van der Waals surface area contributed by atoms with Gasteiger partial charge in [0.1, 0.15) is 0 Å². The molecule has 0 aromatic heterocycles. The quantitative estimate of drug-likeness (QED) is 0.133. The summed E-state index contributed by atoms with van der Waals surface area (Å²) in [6.45, 7) is -0.0252. The molecule has 5 nitrogen and oxygen atoms in total. The largest absolute Gasteiger partial charge is 0.365 e. The Morgan fingerprint density at radius 1 is 0.312 bits per heavy atom. The summed E-state index contributed by atoms with van der Waals surface area (Å²) in [4.78, 5) is 15.9. The minimum absolute atomic E-state index is 0.0305. The van der Waals surface area contributed by atoms with Crippen LogP contribution in [0.1, 0.15) is 64.2 Å². The summed E-state index contributed by atoms with van der Waals surface area (Å²) in [5, 5.41) is 0. The first-order chi connectivity index (χ1) is 39.7. The van der Waals surface area contributed by atoms with Crippen molar-refractivity contribution in [1.29, 1.82) is 0 Å². The van der Waals surface area contributed by atoms with E-state index in [9.17, 15) is 0 Å². The minimum Gasteiger partial charge on any atom is -0.365 e. The second kappa shape index (κ2) is 19.8. The molecule has 0 amide bonds. The van der Waals surface area contributed by atoms with Crippen molar-refractivity contribution in [1.82, 2.24) is 0 Å². The van der Waals surface area contributed by atoms with Crippen LogP contribution in [0.4, 0.5) is 73.9 Å². The van der Waals surface area contributed by atoms with E-state index in [4.69, 9.17) is 0 Å². The van der Waals surface area contributed by atoms with Gasteiger partial charge in [-0.3, -0.25) is 0 Å². The van der Waals surface area contributed by atoms with Crippen LogP contribution in [0.25, 0.3) is 0 Å². The summed E-state index contributed by atoms with van der Waals surface area (Å²) in [6.07, 6.45) is 13.1. The molecule has 0 spiro atoms.